The van der Waals surface area contributed by atoms with Gasteiger partial charge >= 0.3 is 6.18 Å². The molecular weight excluding hydrogens is 261 g/mol. The Balaban J connectivity index is 2.54. The highest BCUT2D eigenvalue weighted by Gasteiger charge is 2.26. The van der Waals surface area contributed by atoms with E-state index in [2.05, 4.69) is 5.32 Å². The van der Waals surface area contributed by atoms with Gasteiger partial charge in [0.1, 0.15) is 0 Å². The van der Waals surface area contributed by atoms with E-state index in [1.807, 2.05) is 0 Å². The first-order chi connectivity index (χ1) is 8.81. The number of alkyl halides is 3. The van der Waals surface area contributed by atoms with E-state index in [-0.39, 0.29) is 24.7 Å². The van der Waals surface area contributed by atoms with Gasteiger partial charge in [-0.15, -0.1) is 0 Å². The molecule has 1 rings (SSSR count). The Labute approximate surface area is 108 Å². The molecule has 0 saturated heterocycles. The van der Waals surface area contributed by atoms with E-state index in [9.17, 15) is 23.3 Å². The molecule has 0 spiro atoms. The topological polar surface area (TPSA) is 55.2 Å². The van der Waals surface area contributed by atoms with E-state index >= 15 is 0 Å². The fourth-order valence-corrected chi connectivity index (χ4v) is 1.74. The molecule has 1 aromatic rings. The number of nitro benzene ring substituents is 1. The normalized spacial score (nSPS) is 13.3. The third-order valence-corrected chi connectivity index (χ3v) is 2.69. The van der Waals surface area contributed by atoms with Gasteiger partial charge in [0.25, 0.3) is 5.69 Å². The molecule has 0 fully saturated rings. The first-order valence-corrected chi connectivity index (χ1v) is 5.84. The van der Waals surface area contributed by atoms with E-state index in [1.54, 1.807) is 25.1 Å². The SMILES string of the molecule is CC(NCCCC(F)(F)F)c1ccccc1[N+](=O)[O-]. The number of nitrogens with one attached hydrogen (secondary N) is 1. The minimum absolute atomic E-state index is 0.0293. The molecule has 106 valence electrons. The Kier molecular flexibility index (Phi) is 5.29. The number of nitrogens with zero attached hydrogens (tertiary/aromatic N) is 1. The predicted molar refractivity (Wildman–Crippen MR) is 64.8 cm³/mol. The lowest BCUT2D eigenvalue weighted by Gasteiger charge is -2.14. The van der Waals surface area contributed by atoms with Gasteiger partial charge in [-0.2, -0.15) is 13.2 Å². The van der Waals surface area contributed by atoms with Crippen molar-refractivity contribution in [2.45, 2.75) is 32.0 Å². The average molecular weight is 276 g/mol. The van der Waals surface area contributed by atoms with Crippen LogP contribution in [0.15, 0.2) is 24.3 Å². The highest BCUT2D eigenvalue weighted by molar-refractivity contribution is 5.41. The van der Waals surface area contributed by atoms with Gasteiger partial charge in [-0.3, -0.25) is 10.1 Å². The number of halogens is 3. The standard InChI is InChI=1S/C12H15F3N2O2/c1-9(16-8-4-7-12(13,14)15)10-5-2-3-6-11(10)17(18)19/h2-3,5-6,9,16H,4,7-8H2,1H3. The Bertz CT molecular complexity index is 435. The zero-order chi connectivity index (χ0) is 14.5. The smallest absolute Gasteiger partial charge is 0.310 e. The minimum Gasteiger partial charge on any atom is -0.310 e. The largest absolute Gasteiger partial charge is 0.389 e. The second-order valence-corrected chi connectivity index (χ2v) is 4.21. The number of rotatable bonds is 6. The van der Waals surface area contributed by atoms with E-state index in [4.69, 9.17) is 0 Å². The predicted octanol–water partition coefficient (Wildman–Crippen LogP) is 3.59. The van der Waals surface area contributed by atoms with Crippen LogP contribution in [0.2, 0.25) is 0 Å². The fourth-order valence-electron chi connectivity index (χ4n) is 1.74. The lowest BCUT2D eigenvalue weighted by Crippen LogP contribution is -2.22. The molecule has 0 heterocycles. The van der Waals surface area contributed by atoms with Gasteiger partial charge < -0.3 is 5.32 Å². The maximum absolute atomic E-state index is 12.0. The van der Waals surface area contributed by atoms with E-state index in [0.717, 1.165) is 0 Å². The minimum atomic E-state index is -4.16. The van der Waals surface area contributed by atoms with Gasteiger partial charge in [-0.25, -0.2) is 0 Å². The van der Waals surface area contributed by atoms with Crippen molar-refractivity contribution in [3.63, 3.8) is 0 Å². The molecule has 0 bridgehead atoms. The van der Waals surface area contributed by atoms with Crippen LogP contribution >= 0.6 is 0 Å². The Morgan fingerprint density at radius 3 is 2.58 bits per heavy atom. The Hall–Kier alpha value is -1.63. The zero-order valence-corrected chi connectivity index (χ0v) is 10.4. The number of hydrogen-bond donors (Lipinski definition) is 1. The van der Waals surface area contributed by atoms with Crippen molar-refractivity contribution >= 4 is 5.69 Å². The van der Waals surface area contributed by atoms with Gasteiger partial charge in [-0.05, 0) is 19.9 Å². The molecule has 19 heavy (non-hydrogen) atoms. The Morgan fingerprint density at radius 2 is 2.00 bits per heavy atom. The van der Waals surface area contributed by atoms with E-state index < -0.39 is 17.5 Å². The van der Waals surface area contributed by atoms with Crippen molar-refractivity contribution in [3.8, 4) is 0 Å². The van der Waals surface area contributed by atoms with Crippen molar-refractivity contribution in [3.05, 3.63) is 39.9 Å². The van der Waals surface area contributed by atoms with Crippen molar-refractivity contribution in [1.29, 1.82) is 0 Å². The van der Waals surface area contributed by atoms with Crippen LogP contribution in [0.4, 0.5) is 18.9 Å². The number of nitro groups is 1. The van der Waals surface area contributed by atoms with Crippen LogP contribution in [-0.2, 0) is 0 Å². The van der Waals surface area contributed by atoms with Crippen LogP contribution in [0.1, 0.15) is 31.4 Å². The monoisotopic (exact) mass is 276 g/mol. The van der Waals surface area contributed by atoms with E-state index in [1.165, 1.54) is 6.07 Å². The van der Waals surface area contributed by atoms with Crippen LogP contribution in [0, 0.1) is 10.1 Å². The molecular formula is C12H15F3N2O2. The lowest BCUT2D eigenvalue weighted by atomic mass is 10.1. The number of benzene rings is 1. The Morgan fingerprint density at radius 1 is 1.37 bits per heavy atom. The first kappa shape index (κ1) is 15.4. The molecule has 1 aromatic carbocycles. The highest BCUT2D eigenvalue weighted by atomic mass is 19.4. The molecule has 4 nitrogen and oxygen atoms in total. The van der Waals surface area contributed by atoms with Gasteiger partial charge in [0.2, 0.25) is 0 Å². The molecule has 0 aliphatic heterocycles. The molecule has 0 aliphatic rings. The van der Waals surface area contributed by atoms with Gasteiger partial charge in [0, 0.05) is 24.1 Å². The molecule has 1 unspecified atom stereocenters. The van der Waals surface area contributed by atoms with Gasteiger partial charge in [0.15, 0.2) is 0 Å². The highest BCUT2D eigenvalue weighted by Crippen LogP contribution is 2.25. The van der Waals surface area contributed by atoms with Gasteiger partial charge in [0.05, 0.1) is 4.92 Å². The fraction of sp³-hybridized carbons (Fsp3) is 0.500. The van der Waals surface area contributed by atoms with Crippen LogP contribution in [0.25, 0.3) is 0 Å². The quantitative estimate of drug-likeness (QED) is 0.491. The zero-order valence-electron chi connectivity index (χ0n) is 10.4. The van der Waals surface area contributed by atoms with Crippen LogP contribution < -0.4 is 5.32 Å². The molecule has 0 aliphatic carbocycles. The molecule has 1 N–H and O–H groups in total. The summed E-state index contributed by atoms with van der Waals surface area (Å²) in [6.07, 6.45) is -5.07. The van der Waals surface area contributed by atoms with Crippen molar-refractivity contribution in [1.82, 2.24) is 5.32 Å². The van der Waals surface area contributed by atoms with Crippen molar-refractivity contribution in [2.75, 3.05) is 6.54 Å². The number of hydrogen-bond acceptors (Lipinski definition) is 3. The lowest BCUT2D eigenvalue weighted by molar-refractivity contribution is -0.385. The first-order valence-electron chi connectivity index (χ1n) is 5.84. The van der Waals surface area contributed by atoms with Crippen LogP contribution in [-0.4, -0.2) is 17.6 Å². The average Bonchev–Trinajstić information content (AvgIpc) is 2.33. The summed E-state index contributed by atoms with van der Waals surface area (Å²) in [5.74, 6) is 0. The molecule has 0 aromatic heterocycles. The third kappa shape index (κ3) is 5.25. The second-order valence-electron chi connectivity index (χ2n) is 4.21. The summed E-state index contributed by atoms with van der Waals surface area (Å²) in [4.78, 5) is 10.3. The van der Waals surface area contributed by atoms with Crippen LogP contribution in [0.5, 0.6) is 0 Å². The third-order valence-electron chi connectivity index (χ3n) is 2.69. The number of para-hydroxylation sites is 1. The van der Waals surface area contributed by atoms with E-state index in [0.29, 0.717) is 5.56 Å². The summed E-state index contributed by atoms with van der Waals surface area (Å²) < 4.78 is 35.9. The second kappa shape index (κ2) is 6.51. The summed E-state index contributed by atoms with van der Waals surface area (Å²) in [7, 11) is 0. The summed E-state index contributed by atoms with van der Waals surface area (Å²) in [5, 5.41) is 13.7. The molecule has 0 amide bonds. The maximum Gasteiger partial charge on any atom is 0.389 e. The van der Waals surface area contributed by atoms with Crippen LogP contribution in [0.3, 0.4) is 0 Å². The van der Waals surface area contributed by atoms with Gasteiger partial charge in [-0.1, -0.05) is 18.2 Å². The van der Waals surface area contributed by atoms with Crippen molar-refractivity contribution in [2.24, 2.45) is 0 Å². The summed E-state index contributed by atoms with van der Waals surface area (Å²) in [6, 6.07) is 5.83. The molecule has 1 atom stereocenters. The summed E-state index contributed by atoms with van der Waals surface area (Å²) in [5.41, 5.74) is 0.442. The molecule has 7 heteroatoms. The summed E-state index contributed by atoms with van der Waals surface area (Å²) >= 11 is 0. The molecule has 0 saturated carbocycles. The molecule has 0 radical (unpaired) electrons. The van der Waals surface area contributed by atoms with Crippen molar-refractivity contribution < 1.29 is 18.1 Å². The summed E-state index contributed by atoms with van der Waals surface area (Å²) in [6.45, 7) is 1.85. The maximum atomic E-state index is 12.0.